The van der Waals surface area contributed by atoms with Crippen LogP contribution in [0.25, 0.3) is 0 Å². The smallest absolute Gasteiger partial charge is 0.00961 e. The van der Waals surface area contributed by atoms with Crippen molar-refractivity contribution in [1.29, 1.82) is 0 Å². The maximum atomic E-state index is 6.27. The average molecular weight is 203 g/mol. The highest BCUT2D eigenvalue weighted by molar-refractivity contribution is 5.15. The molecule has 82 valence electrons. The summed E-state index contributed by atoms with van der Waals surface area (Å²) in [6.45, 7) is 2.29. The molecule has 1 aromatic rings. The van der Waals surface area contributed by atoms with Crippen molar-refractivity contribution in [3.8, 4) is 0 Å². The minimum absolute atomic E-state index is 0.402. The lowest BCUT2D eigenvalue weighted by atomic mass is 9.76. The molecule has 1 nitrogen and oxygen atoms in total. The summed E-state index contributed by atoms with van der Waals surface area (Å²) in [5.74, 6) is 1.39. The molecule has 3 unspecified atom stereocenters. The zero-order valence-corrected chi connectivity index (χ0v) is 9.52. The molecule has 1 saturated carbocycles. The predicted octanol–water partition coefficient (Wildman–Crippen LogP) is 2.99. The number of hydrogen-bond acceptors (Lipinski definition) is 1. The standard InChI is InChI=1S/C14H21N/c1-11-6-5-9-13(14(11)15)10-12-7-3-2-4-8-12/h2-4,7-8,11,13-14H,5-6,9-10,15H2,1H3. The fraction of sp³-hybridized carbons (Fsp3) is 0.571. The Kier molecular flexibility index (Phi) is 3.42. The number of benzene rings is 1. The Hall–Kier alpha value is -0.820. The van der Waals surface area contributed by atoms with E-state index in [4.69, 9.17) is 5.73 Å². The molecule has 1 heteroatoms. The van der Waals surface area contributed by atoms with E-state index in [0.717, 1.165) is 6.42 Å². The van der Waals surface area contributed by atoms with E-state index in [1.807, 2.05) is 0 Å². The Morgan fingerprint density at radius 1 is 1.20 bits per heavy atom. The first-order valence-corrected chi connectivity index (χ1v) is 6.07. The summed E-state index contributed by atoms with van der Waals surface area (Å²) >= 11 is 0. The van der Waals surface area contributed by atoms with Crippen LogP contribution in [0, 0.1) is 11.8 Å². The van der Waals surface area contributed by atoms with E-state index in [1.165, 1.54) is 24.8 Å². The molecular weight excluding hydrogens is 182 g/mol. The molecule has 0 spiro atoms. The van der Waals surface area contributed by atoms with E-state index < -0.39 is 0 Å². The predicted molar refractivity (Wildman–Crippen MR) is 64.6 cm³/mol. The van der Waals surface area contributed by atoms with Crippen LogP contribution in [0.2, 0.25) is 0 Å². The average Bonchev–Trinajstić information content (AvgIpc) is 2.26. The second-order valence-corrected chi connectivity index (χ2v) is 4.94. The van der Waals surface area contributed by atoms with Gasteiger partial charge in [-0.2, -0.15) is 0 Å². The van der Waals surface area contributed by atoms with Crippen molar-refractivity contribution < 1.29 is 0 Å². The molecule has 0 amide bonds. The number of rotatable bonds is 2. The first kappa shape index (κ1) is 10.7. The summed E-state index contributed by atoms with van der Waals surface area (Å²) in [6, 6.07) is 11.1. The first-order chi connectivity index (χ1) is 7.27. The molecule has 1 aromatic carbocycles. The lowest BCUT2D eigenvalue weighted by molar-refractivity contribution is 0.233. The molecule has 0 aliphatic heterocycles. The second kappa shape index (κ2) is 4.80. The summed E-state index contributed by atoms with van der Waals surface area (Å²) in [5, 5.41) is 0. The van der Waals surface area contributed by atoms with Crippen molar-refractivity contribution >= 4 is 0 Å². The third-order valence-corrected chi connectivity index (χ3v) is 3.78. The minimum Gasteiger partial charge on any atom is -0.327 e. The monoisotopic (exact) mass is 203 g/mol. The van der Waals surface area contributed by atoms with Gasteiger partial charge in [-0.25, -0.2) is 0 Å². The molecule has 2 N–H and O–H groups in total. The lowest BCUT2D eigenvalue weighted by Crippen LogP contribution is -2.40. The van der Waals surface area contributed by atoms with Crippen molar-refractivity contribution in [1.82, 2.24) is 0 Å². The van der Waals surface area contributed by atoms with Crippen LogP contribution in [0.3, 0.4) is 0 Å². The first-order valence-electron chi connectivity index (χ1n) is 6.07. The van der Waals surface area contributed by atoms with Gasteiger partial charge in [-0.15, -0.1) is 0 Å². The Balaban J connectivity index is 1.99. The van der Waals surface area contributed by atoms with Gasteiger partial charge < -0.3 is 5.73 Å². The molecule has 1 aliphatic rings. The normalized spacial score (nSPS) is 31.5. The highest BCUT2D eigenvalue weighted by Crippen LogP contribution is 2.30. The molecule has 1 aliphatic carbocycles. The molecule has 15 heavy (non-hydrogen) atoms. The van der Waals surface area contributed by atoms with Gasteiger partial charge in [0.05, 0.1) is 0 Å². The quantitative estimate of drug-likeness (QED) is 0.785. The molecule has 0 saturated heterocycles. The third-order valence-electron chi connectivity index (χ3n) is 3.78. The number of hydrogen-bond donors (Lipinski definition) is 1. The van der Waals surface area contributed by atoms with Crippen molar-refractivity contribution in [2.24, 2.45) is 17.6 Å². The van der Waals surface area contributed by atoms with Gasteiger partial charge >= 0.3 is 0 Å². The molecule has 0 aromatic heterocycles. The van der Waals surface area contributed by atoms with E-state index in [-0.39, 0.29) is 0 Å². The Bertz CT molecular complexity index is 293. The largest absolute Gasteiger partial charge is 0.327 e. The van der Waals surface area contributed by atoms with Crippen molar-refractivity contribution in [3.05, 3.63) is 35.9 Å². The highest BCUT2D eigenvalue weighted by atomic mass is 14.7. The van der Waals surface area contributed by atoms with Crippen molar-refractivity contribution in [2.75, 3.05) is 0 Å². The minimum atomic E-state index is 0.402. The van der Waals surface area contributed by atoms with Crippen molar-refractivity contribution in [2.45, 2.75) is 38.6 Å². The maximum absolute atomic E-state index is 6.27. The van der Waals surface area contributed by atoms with E-state index in [9.17, 15) is 0 Å². The second-order valence-electron chi connectivity index (χ2n) is 4.94. The van der Waals surface area contributed by atoms with Gasteiger partial charge in [0.15, 0.2) is 0 Å². The van der Waals surface area contributed by atoms with Gasteiger partial charge in [-0.3, -0.25) is 0 Å². The summed E-state index contributed by atoms with van der Waals surface area (Å²) in [6.07, 6.45) is 5.13. The fourth-order valence-corrected chi connectivity index (χ4v) is 2.71. The van der Waals surface area contributed by atoms with Crippen LogP contribution in [0.4, 0.5) is 0 Å². The molecule has 1 fully saturated rings. The van der Waals surface area contributed by atoms with Crippen LogP contribution in [0.5, 0.6) is 0 Å². The van der Waals surface area contributed by atoms with Gasteiger partial charge in [-0.05, 0) is 36.7 Å². The number of nitrogens with two attached hydrogens (primary N) is 1. The summed E-state index contributed by atoms with van der Waals surface area (Å²) in [4.78, 5) is 0. The van der Waals surface area contributed by atoms with Crippen LogP contribution in [-0.2, 0) is 6.42 Å². The zero-order chi connectivity index (χ0) is 10.7. The zero-order valence-electron chi connectivity index (χ0n) is 9.52. The third kappa shape index (κ3) is 2.60. The Labute approximate surface area is 92.7 Å². The van der Waals surface area contributed by atoms with Gasteiger partial charge in [0.25, 0.3) is 0 Å². The van der Waals surface area contributed by atoms with Crippen LogP contribution in [0.15, 0.2) is 30.3 Å². The van der Waals surface area contributed by atoms with Gasteiger partial charge in [0.2, 0.25) is 0 Å². The maximum Gasteiger partial charge on any atom is 0.00961 e. The molecular formula is C14H21N. The van der Waals surface area contributed by atoms with Crippen LogP contribution >= 0.6 is 0 Å². The highest BCUT2D eigenvalue weighted by Gasteiger charge is 2.27. The molecule has 3 atom stereocenters. The SMILES string of the molecule is CC1CCCC(Cc2ccccc2)C1N. The fourth-order valence-electron chi connectivity index (χ4n) is 2.71. The van der Waals surface area contributed by atoms with Gasteiger partial charge in [0, 0.05) is 6.04 Å². The topological polar surface area (TPSA) is 26.0 Å². The molecule has 0 bridgehead atoms. The lowest BCUT2D eigenvalue weighted by Gasteiger charge is -2.34. The van der Waals surface area contributed by atoms with Gasteiger partial charge in [0.1, 0.15) is 0 Å². The van der Waals surface area contributed by atoms with Gasteiger partial charge in [-0.1, -0.05) is 43.7 Å². The van der Waals surface area contributed by atoms with Crippen LogP contribution in [-0.4, -0.2) is 6.04 Å². The Morgan fingerprint density at radius 3 is 2.67 bits per heavy atom. The summed E-state index contributed by atoms with van der Waals surface area (Å²) < 4.78 is 0. The molecule has 0 heterocycles. The van der Waals surface area contributed by atoms with Crippen molar-refractivity contribution in [3.63, 3.8) is 0 Å². The summed E-state index contributed by atoms with van der Waals surface area (Å²) in [5.41, 5.74) is 7.71. The van der Waals surface area contributed by atoms with E-state index in [2.05, 4.69) is 37.3 Å². The van der Waals surface area contributed by atoms with E-state index >= 15 is 0 Å². The molecule has 2 rings (SSSR count). The van der Waals surface area contributed by atoms with E-state index in [0.29, 0.717) is 17.9 Å². The van der Waals surface area contributed by atoms with E-state index in [1.54, 1.807) is 0 Å². The van der Waals surface area contributed by atoms with Crippen LogP contribution < -0.4 is 5.73 Å². The molecule has 0 radical (unpaired) electrons. The Morgan fingerprint density at radius 2 is 1.93 bits per heavy atom. The van der Waals surface area contributed by atoms with Crippen LogP contribution in [0.1, 0.15) is 31.7 Å². The summed E-state index contributed by atoms with van der Waals surface area (Å²) in [7, 11) is 0.